The normalized spacial score (nSPS) is 26.7. The van der Waals surface area contributed by atoms with Gasteiger partial charge in [0, 0.05) is 45.7 Å². The number of allylic oxidation sites excluding steroid dienone is 4. The SMILES string of the molecule is CCCCCCCCC=CCCCCCCCC(=O)OCC(COP(=O)(O)OCCNC(=O)CCCCC(=O)NCCCO[C@@H]1OC(CO)[C@H](O)[C@H](O[C@H]2OC(CO)[C@H](O)[C@H](O)C2NC(C)=O)C1O[C@@H]1OC(C)[C@@H](O)[C@H](O)C1O)OC(=O)CCCCCCCC=CCCCCCCCC. The van der Waals surface area contributed by atoms with E-state index in [0.717, 1.165) is 84.0 Å². The lowest BCUT2D eigenvalue weighted by Crippen LogP contribution is -2.68. The van der Waals surface area contributed by atoms with E-state index in [2.05, 4.69) is 54.1 Å². The van der Waals surface area contributed by atoms with Gasteiger partial charge in [0.1, 0.15) is 73.7 Å². The number of hydrogen-bond acceptors (Lipinski definition) is 24. The first-order valence-corrected chi connectivity index (χ1v) is 38.4. The lowest BCUT2D eigenvalue weighted by atomic mass is 9.95. The molecule has 3 rings (SSSR count). The van der Waals surface area contributed by atoms with Crippen LogP contribution >= 0.6 is 7.82 Å². The van der Waals surface area contributed by atoms with E-state index in [9.17, 15) is 74.3 Å². The van der Waals surface area contributed by atoms with Crippen LogP contribution in [0, 0.1) is 0 Å². The zero-order chi connectivity index (χ0) is 72.6. The molecule has 0 aromatic carbocycles. The molecule has 0 bridgehead atoms. The molecule has 3 saturated heterocycles. The number of esters is 2. The Hall–Kier alpha value is -3.62. The Morgan fingerprint density at radius 2 is 0.960 bits per heavy atom. The molecule has 29 heteroatoms. The van der Waals surface area contributed by atoms with Crippen LogP contribution in [-0.2, 0) is 75.5 Å². The summed E-state index contributed by atoms with van der Waals surface area (Å²) >= 11 is 0. The van der Waals surface area contributed by atoms with Crippen molar-refractivity contribution < 1.29 is 121 Å². The lowest BCUT2D eigenvalue weighted by Gasteiger charge is -2.49. The second-order valence-electron chi connectivity index (χ2n) is 26.2. The van der Waals surface area contributed by atoms with Gasteiger partial charge in [-0.2, -0.15) is 0 Å². The number of amides is 3. The van der Waals surface area contributed by atoms with Crippen molar-refractivity contribution in [3.05, 3.63) is 24.3 Å². The molecule has 17 atom stereocenters. The van der Waals surface area contributed by atoms with Gasteiger partial charge < -0.3 is 99.6 Å². The standard InChI is InChI=1S/C70H126N3O25P/c1-5-7-9-11-13-15-17-19-21-23-25-27-29-31-33-40-57(79)90-48-52(94-58(80)41-34-32-30-28-26-24-22-20-18-16-14-12-10-8-6-2)49-92-99(87,88)91-45-43-72-56(78)39-36-35-38-55(77)71-42-37-44-89-70-67(98-69-65(86)64(85)60(81)50(3)93-69)66(62(83)54(47-75)96-70)97-68-59(73-51(4)76)63(84)61(82)53(46-74)95-68/h19-22,50,52-54,59-70,74-75,81-86H,5-18,23-49H2,1-4H3,(H,71,77)(H,72,78)(H,73,76)(H,87,88)/t50?,52?,53?,54?,59?,60-,61+,62+,63-,64+,65?,66+,67?,68-,69+,70-/m1/s1. The van der Waals surface area contributed by atoms with Crippen molar-refractivity contribution >= 4 is 37.5 Å². The molecule has 0 aliphatic carbocycles. The van der Waals surface area contributed by atoms with Crippen LogP contribution in [0.15, 0.2) is 24.3 Å². The van der Waals surface area contributed by atoms with Crippen LogP contribution in [0.3, 0.4) is 0 Å². The van der Waals surface area contributed by atoms with Crippen LogP contribution in [0.5, 0.6) is 0 Å². The smallest absolute Gasteiger partial charge is 0.462 e. The number of phosphoric acid groups is 1. The van der Waals surface area contributed by atoms with Crippen molar-refractivity contribution in [2.45, 2.75) is 338 Å². The second-order valence-corrected chi connectivity index (χ2v) is 27.7. The molecule has 12 N–H and O–H groups in total. The number of phosphoric ester groups is 1. The summed E-state index contributed by atoms with van der Waals surface area (Å²) in [5, 5.41) is 92.7. The average molecular weight is 1440 g/mol. The Balaban J connectivity index is 1.42. The Morgan fingerprint density at radius 1 is 0.485 bits per heavy atom. The quantitative estimate of drug-likeness (QED) is 0.0134. The Bertz CT molecular complexity index is 2280. The predicted octanol–water partition coefficient (Wildman–Crippen LogP) is 6.47. The number of rotatable bonds is 57. The zero-order valence-electron chi connectivity index (χ0n) is 59.5. The molecule has 0 radical (unpaired) electrons. The monoisotopic (exact) mass is 1440 g/mol. The van der Waals surface area contributed by atoms with Gasteiger partial charge in [0.05, 0.1) is 39.1 Å². The maximum Gasteiger partial charge on any atom is 0.472 e. The molecule has 3 amide bonds. The maximum absolute atomic E-state index is 13.0. The first-order chi connectivity index (χ1) is 47.7. The molecule has 28 nitrogen and oxygen atoms in total. The average Bonchev–Trinajstić information content (AvgIpc) is 0.775. The van der Waals surface area contributed by atoms with E-state index in [0.29, 0.717) is 25.7 Å². The fourth-order valence-corrected chi connectivity index (χ4v) is 12.4. The van der Waals surface area contributed by atoms with Crippen LogP contribution in [0.25, 0.3) is 0 Å². The van der Waals surface area contributed by atoms with Gasteiger partial charge in [-0.15, -0.1) is 0 Å². The van der Waals surface area contributed by atoms with E-state index in [1.165, 1.54) is 84.0 Å². The van der Waals surface area contributed by atoms with Crippen molar-refractivity contribution in [1.29, 1.82) is 0 Å². The van der Waals surface area contributed by atoms with E-state index in [1.54, 1.807) is 0 Å². The van der Waals surface area contributed by atoms with Gasteiger partial charge in [0.25, 0.3) is 0 Å². The minimum atomic E-state index is -4.74. The molecule has 0 aromatic heterocycles. The van der Waals surface area contributed by atoms with Gasteiger partial charge in [-0.3, -0.25) is 33.0 Å². The molecular formula is C70H126N3O25P. The highest BCUT2D eigenvalue weighted by atomic mass is 31.2. The molecule has 576 valence electrons. The van der Waals surface area contributed by atoms with E-state index in [4.69, 9.17) is 46.9 Å². The van der Waals surface area contributed by atoms with Crippen molar-refractivity contribution in [2.75, 3.05) is 52.7 Å². The molecule has 0 aromatic rings. The lowest BCUT2D eigenvalue weighted by molar-refractivity contribution is -0.385. The second kappa shape index (κ2) is 54.1. The predicted molar refractivity (Wildman–Crippen MR) is 366 cm³/mol. The van der Waals surface area contributed by atoms with Gasteiger partial charge in [-0.25, -0.2) is 4.57 Å². The van der Waals surface area contributed by atoms with Crippen LogP contribution in [0.2, 0.25) is 0 Å². The third kappa shape index (κ3) is 38.6. The Morgan fingerprint density at radius 3 is 1.49 bits per heavy atom. The number of unbranched alkanes of at least 4 members (excludes halogenated alkanes) is 23. The van der Waals surface area contributed by atoms with Crippen molar-refractivity contribution in [3.63, 3.8) is 0 Å². The molecule has 0 spiro atoms. The fourth-order valence-electron chi connectivity index (χ4n) is 11.6. The summed E-state index contributed by atoms with van der Waals surface area (Å²) in [4.78, 5) is 73.9. The van der Waals surface area contributed by atoms with E-state index in [-0.39, 0.29) is 64.3 Å². The van der Waals surface area contributed by atoms with Gasteiger partial charge in [0.15, 0.2) is 25.0 Å². The molecule has 3 aliphatic rings. The van der Waals surface area contributed by atoms with Gasteiger partial charge >= 0.3 is 19.8 Å². The number of ether oxygens (including phenoxy) is 8. The summed E-state index contributed by atoms with van der Waals surface area (Å²) in [6.07, 6.45) is 15.2. The highest BCUT2D eigenvalue weighted by Gasteiger charge is 2.54. The summed E-state index contributed by atoms with van der Waals surface area (Å²) in [5.74, 6) is -2.49. The number of carbonyl (C=O) groups is 5. The van der Waals surface area contributed by atoms with Gasteiger partial charge in [0.2, 0.25) is 17.7 Å². The molecule has 0 saturated carbocycles. The highest BCUT2D eigenvalue weighted by Crippen LogP contribution is 2.43. The van der Waals surface area contributed by atoms with E-state index < -0.39 is 156 Å². The summed E-state index contributed by atoms with van der Waals surface area (Å²) in [7, 11) is -4.74. The van der Waals surface area contributed by atoms with E-state index >= 15 is 0 Å². The first-order valence-electron chi connectivity index (χ1n) is 36.9. The molecule has 99 heavy (non-hydrogen) atoms. The van der Waals surface area contributed by atoms with Crippen molar-refractivity contribution in [2.24, 2.45) is 0 Å². The Kier molecular flexibility index (Phi) is 48.9. The van der Waals surface area contributed by atoms with Crippen LogP contribution < -0.4 is 16.0 Å². The third-order valence-corrected chi connectivity index (χ3v) is 18.5. The Labute approximate surface area is 587 Å². The number of aliphatic hydroxyl groups excluding tert-OH is 8. The number of hydrogen-bond donors (Lipinski definition) is 12. The summed E-state index contributed by atoms with van der Waals surface area (Å²) in [6, 6.07) is -1.49. The fraction of sp³-hybridized carbons (Fsp3) is 0.871. The highest BCUT2D eigenvalue weighted by molar-refractivity contribution is 7.47. The third-order valence-electron chi connectivity index (χ3n) is 17.5. The van der Waals surface area contributed by atoms with Crippen molar-refractivity contribution in [1.82, 2.24) is 16.0 Å². The topological polar surface area (TPSA) is 413 Å². The van der Waals surface area contributed by atoms with Crippen LogP contribution in [0.4, 0.5) is 0 Å². The minimum Gasteiger partial charge on any atom is -0.462 e. The zero-order valence-corrected chi connectivity index (χ0v) is 60.4. The van der Waals surface area contributed by atoms with Gasteiger partial charge in [-0.1, -0.05) is 141 Å². The summed E-state index contributed by atoms with van der Waals surface area (Å²) in [6.45, 7) is 3.69. The summed E-state index contributed by atoms with van der Waals surface area (Å²) in [5.41, 5.74) is 0. The van der Waals surface area contributed by atoms with E-state index in [1.807, 2.05) is 0 Å². The maximum atomic E-state index is 13.0. The number of nitrogens with one attached hydrogen (secondary N) is 3. The molecule has 3 fully saturated rings. The van der Waals surface area contributed by atoms with Crippen LogP contribution in [-0.4, -0.2) is 226 Å². The molecular weight excluding hydrogens is 1310 g/mol. The largest absolute Gasteiger partial charge is 0.472 e. The number of aliphatic hydroxyl groups is 8. The molecule has 3 heterocycles. The molecule has 3 aliphatic heterocycles. The van der Waals surface area contributed by atoms with Crippen LogP contribution in [0.1, 0.15) is 240 Å². The van der Waals surface area contributed by atoms with Gasteiger partial charge in [-0.05, 0) is 90.4 Å². The minimum absolute atomic E-state index is 0.0139. The summed E-state index contributed by atoms with van der Waals surface area (Å²) < 4.78 is 69.7. The number of carbonyl (C=O) groups excluding carboxylic acids is 5. The first kappa shape index (κ1) is 89.6. The van der Waals surface area contributed by atoms with Crippen molar-refractivity contribution in [3.8, 4) is 0 Å². The molecule has 8 unspecified atom stereocenters.